The Hall–Kier alpha value is -0.990. The largest absolute Gasteiger partial charge is 0.384 e. The van der Waals surface area contributed by atoms with Crippen molar-refractivity contribution < 1.29 is 0 Å². The van der Waals surface area contributed by atoms with Gasteiger partial charge in [-0.2, -0.15) is 0 Å². The van der Waals surface area contributed by atoms with E-state index in [4.69, 9.17) is 5.73 Å². The van der Waals surface area contributed by atoms with Crippen LogP contribution in [0.15, 0.2) is 6.33 Å². The van der Waals surface area contributed by atoms with Crippen LogP contribution >= 0.6 is 0 Å². The van der Waals surface area contributed by atoms with Crippen molar-refractivity contribution >= 4 is 5.82 Å². The van der Waals surface area contributed by atoms with Gasteiger partial charge in [-0.15, -0.1) is 0 Å². The van der Waals surface area contributed by atoms with Crippen molar-refractivity contribution in [2.75, 3.05) is 5.73 Å². The number of imidazole rings is 1. The lowest BCUT2D eigenvalue weighted by Gasteiger charge is -2.03. The third-order valence-electron chi connectivity index (χ3n) is 3.87. The summed E-state index contributed by atoms with van der Waals surface area (Å²) in [5.41, 5.74) is 7.25. The monoisotopic (exact) mass is 249 g/mol. The Labute approximate surface area is 111 Å². The fraction of sp³-hybridized carbons (Fsp3) is 0.800. The van der Waals surface area contributed by atoms with Crippen LogP contribution in [-0.4, -0.2) is 9.55 Å². The van der Waals surface area contributed by atoms with Crippen molar-refractivity contribution in [2.24, 2.45) is 0 Å². The van der Waals surface area contributed by atoms with Crippen LogP contribution in [0, 0.1) is 0 Å². The maximum absolute atomic E-state index is 6.13. The van der Waals surface area contributed by atoms with Gasteiger partial charge in [-0.3, -0.25) is 0 Å². The first-order valence-corrected chi connectivity index (χ1v) is 7.64. The summed E-state index contributed by atoms with van der Waals surface area (Å²) in [4.78, 5) is 4.46. The maximum Gasteiger partial charge on any atom is 0.126 e. The first kappa shape index (κ1) is 13.4. The van der Waals surface area contributed by atoms with Gasteiger partial charge in [-0.05, 0) is 25.7 Å². The summed E-state index contributed by atoms with van der Waals surface area (Å²) in [7, 11) is 0. The van der Waals surface area contributed by atoms with E-state index in [1.807, 2.05) is 6.33 Å². The summed E-state index contributed by atoms with van der Waals surface area (Å²) in [5, 5.41) is 0. The van der Waals surface area contributed by atoms with Crippen molar-refractivity contribution in [3.63, 3.8) is 0 Å². The number of aromatic nitrogens is 2. The Morgan fingerprint density at radius 1 is 1.17 bits per heavy atom. The predicted octanol–water partition coefficient (Wildman–Crippen LogP) is 4.09. The van der Waals surface area contributed by atoms with Gasteiger partial charge >= 0.3 is 0 Å². The molecule has 1 aliphatic rings. The zero-order valence-electron chi connectivity index (χ0n) is 11.7. The summed E-state index contributed by atoms with van der Waals surface area (Å²) >= 11 is 0. The number of nitrogen functional groups attached to an aromatic ring is 1. The number of nitrogens with zero attached hydrogens (tertiary/aromatic N) is 2. The molecule has 0 aliphatic heterocycles. The normalized spacial score (nSPS) is 15.2. The predicted molar refractivity (Wildman–Crippen MR) is 76.6 cm³/mol. The lowest BCUT2D eigenvalue weighted by atomic mass is 10.1. The molecular formula is C15H27N3. The molecular weight excluding hydrogens is 222 g/mol. The van der Waals surface area contributed by atoms with Crippen LogP contribution < -0.4 is 5.73 Å². The molecule has 0 unspecified atom stereocenters. The second-order valence-corrected chi connectivity index (χ2v) is 5.59. The Morgan fingerprint density at radius 2 is 1.83 bits per heavy atom. The molecule has 1 heterocycles. The molecule has 0 bridgehead atoms. The zero-order chi connectivity index (χ0) is 12.8. The third kappa shape index (κ3) is 3.76. The molecule has 2 N–H and O–H groups in total. The molecule has 1 aliphatic carbocycles. The van der Waals surface area contributed by atoms with E-state index in [1.165, 1.54) is 57.8 Å². The Bertz CT molecular complexity index is 353. The average Bonchev–Trinajstić information content (AvgIpc) is 3.14. The van der Waals surface area contributed by atoms with Gasteiger partial charge in [0, 0.05) is 6.04 Å². The number of hydrogen-bond acceptors (Lipinski definition) is 2. The molecule has 0 amide bonds. The van der Waals surface area contributed by atoms with Crippen molar-refractivity contribution in [3.8, 4) is 0 Å². The van der Waals surface area contributed by atoms with E-state index in [0.29, 0.717) is 6.04 Å². The van der Waals surface area contributed by atoms with Crippen molar-refractivity contribution in [3.05, 3.63) is 12.0 Å². The first-order valence-electron chi connectivity index (χ1n) is 7.64. The molecule has 3 heteroatoms. The minimum atomic E-state index is 0.653. The number of anilines is 1. The minimum Gasteiger partial charge on any atom is -0.384 e. The van der Waals surface area contributed by atoms with Crippen LogP contribution in [0.2, 0.25) is 0 Å². The van der Waals surface area contributed by atoms with Crippen molar-refractivity contribution in [1.82, 2.24) is 9.55 Å². The Morgan fingerprint density at radius 3 is 2.50 bits per heavy atom. The molecule has 1 aromatic heterocycles. The first-order chi connectivity index (χ1) is 8.83. The summed E-state index contributed by atoms with van der Waals surface area (Å²) in [6, 6.07) is 0.653. The summed E-state index contributed by atoms with van der Waals surface area (Å²) in [6.45, 7) is 2.26. The van der Waals surface area contributed by atoms with E-state index in [-0.39, 0.29) is 0 Å². The van der Waals surface area contributed by atoms with Crippen molar-refractivity contribution in [2.45, 2.75) is 77.2 Å². The van der Waals surface area contributed by atoms with E-state index in [9.17, 15) is 0 Å². The topological polar surface area (TPSA) is 43.8 Å². The van der Waals surface area contributed by atoms with Gasteiger partial charge in [0.1, 0.15) is 5.82 Å². The van der Waals surface area contributed by atoms with Gasteiger partial charge in [0.15, 0.2) is 0 Å². The van der Waals surface area contributed by atoms with Crippen LogP contribution in [0.3, 0.4) is 0 Å². The molecule has 102 valence electrons. The lowest BCUT2D eigenvalue weighted by Crippen LogP contribution is -2.01. The van der Waals surface area contributed by atoms with Crippen LogP contribution in [0.5, 0.6) is 0 Å². The SMILES string of the molecule is CCCCCCCCCc1ncn(C2CC2)c1N. The minimum absolute atomic E-state index is 0.653. The van der Waals surface area contributed by atoms with Gasteiger partial charge in [0.2, 0.25) is 0 Å². The van der Waals surface area contributed by atoms with Gasteiger partial charge in [0.25, 0.3) is 0 Å². The summed E-state index contributed by atoms with van der Waals surface area (Å²) < 4.78 is 2.16. The second kappa shape index (κ2) is 6.81. The van der Waals surface area contributed by atoms with Gasteiger partial charge in [-0.25, -0.2) is 4.98 Å². The number of aryl methyl sites for hydroxylation is 1. The molecule has 1 saturated carbocycles. The molecule has 1 fully saturated rings. The highest BCUT2D eigenvalue weighted by Crippen LogP contribution is 2.37. The molecule has 0 atom stereocenters. The molecule has 0 radical (unpaired) electrons. The number of hydrogen-bond donors (Lipinski definition) is 1. The second-order valence-electron chi connectivity index (χ2n) is 5.59. The number of nitrogens with two attached hydrogens (primary N) is 1. The quantitative estimate of drug-likeness (QED) is 0.670. The standard InChI is InChI=1S/C15H27N3/c1-2-3-4-5-6-7-8-9-14-15(16)18(12-17-14)13-10-11-13/h12-13H,2-11,16H2,1H3. The lowest BCUT2D eigenvalue weighted by molar-refractivity contribution is 0.588. The molecule has 1 aromatic rings. The summed E-state index contributed by atoms with van der Waals surface area (Å²) in [5.74, 6) is 0.920. The Balaban J connectivity index is 1.61. The van der Waals surface area contributed by atoms with Crippen LogP contribution in [0.1, 0.15) is 76.4 Å². The highest BCUT2D eigenvalue weighted by Gasteiger charge is 2.25. The fourth-order valence-corrected chi connectivity index (χ4v) is 2.50. The number of unbranched alkanes of at least 4 members (excludes halogenated alkanes) is 6. The molecule has 0 saturated heterocycles. The van der Waals surface area contributed by atoms with Crippen LogP contribution in [0.25, 0.3) is 0 Å². The van der Waals surface area contributed by atoms with Gasteiger partial charge in [-0.1, -0.05) is 45.4 Å². The van der Waals surface area contributed by atoms with Gasteiger partial charge in [0.05, 0.1) is 12.0 Å². The van der Waals surface area contributed by atoms with E-state index < -0.39 is 0 Å². The van der Waals surface area contributed by atoms with E-state index in [0.717, 1.165) is 17.9 Å². The molecule has 18 heavy (non-hydrogen) atoms. The van der Waals surface area contributed by atoms with E-state index >= 15 is 0 Å². The fourth-order valence-electron chi connectivity index (χ4n) is 2.50. The van der Waals surface area contributed by atoms with Crippen molar-refractivity contribution in [1.29, 1.82) is 0 Å². The molecule has 0 aromatic carbocycles. The van der Waals surface area contributed by atoms with Crippen LogP contribution in [-0.2, 0) is 6.42 Å². The number of rotatable bonds is 9. The molecule has 3 nitrogen and oxygen atoms in total. The average molecular weight is 249 g/mol. The van der Waals surface area contributed by atoms with Crippen LogP contribution in [0.4, 0.5) is 5.82 Å². The zero-order valence-corrected chi connectivity index (χ0v) is 11.7. The smallest absolute Gasteiger partial charge is 0.126 e. The molecule has 0 spiro atoms. The highest BCUT2D eigenvalue weighted by molar-refractivity contribution is 5.37. The molecule has 2 rings (SSSR count). The maximum atomic E-state index is 6.13. The highest BCUT2D eigenvalue weighted by atomic mass is 15.2. The third-order valence-corrected chi connectivity index (χ3v) is 3.87. The Kier molecular flexibility index (Phi) is 5.09. The van der Waals surface area contributed by atoms with E-state index in [1.54, 1.807) is 0 Å². The van der Waals surface area contributed by atoms with E-state index in [2.05, 4.69) is 16.5 Å². The summed E-state index contributed by atoms with van der Waals surface area (Å²) in [6.07, 6.45) is 15.0. The van der Waals surface area contributed by atoms with Gasteiger partial charge < -0.3 is 10.3 Å².